The fourth-order valence-corrected chi connectivity index (χ4v) is 3.59. The van der Waals surface area contributed by atoms with Crippen molar-refractivity contribution in [3.63, 3.8) is 0 Å². The topological polar surface area (TPSA) is 61.5 Å². The number of rotatable bonds is 7. The van der Waals surface area contributed by atoms with E-state index in [0.29, 0.717) is 23.6 Å². The number of likely N-dealkylation sites (tertiary alicyclic amines) is 1. The van der Waals surface area contributed by atoms with Gasteiger partial charge in [-0.1, -0.05) is 27.7 Å². The Hall–Kier alpha value is -1.56. The minimum absolute atomic E-state index is 0.491. The van der Waals surface area contributed by atoms with E-state index in [0.717, 1.165) is 50.7 Å². The van der Waals surface area contributed by atoms with Crippen LogP contribution >= 0.6 is 0 Å². The minimum Gasteiger partial charge on any atom is -0.393 e. The molecule has 1 saturated heterocycles. The van der Waals surface area contributed by atoms with Crippen molar-refractivity contribution in [3.05, 3.63) is 6.33 Å². The van der Waals surface area contributed by atoms with Gasteiger partial charge in [0.1, 0.15) is 12.0 Å². The van der Waals surface area contributed by atoms with Gasteiger partial charge < -0.3 is 20.4 Å². The number of aromatic nitrogens is 2. The number of nitrogens with zero attached hydrogens (tertiary/aromatic N) is 5. The van der Waals surface area contributed by atoms with Gasteiger partial charge in [-0.25, -0.2) is 9.97 Å². The minimum atomic E-state index is 0.491. The maximum atomic E-state index is 6.55. The average Bonchev–Trinajstić information content (AvgIpc) is 2.53. The van der Waals surface area contributed by atoms with Crippen molar-refractivity contribution in [1.82, 2.24) is 14.9 Å². The summed E-state index contributed by atoms with van der Waals surface area (Å²) in [5.74, 6) is 2.87. The van der Waals surface area contributed by atoms with Gasteiger partial charge in [-0.3, -0.25) is 0 Å². The molecule has 1 aliphatic heterocycles. The van der Waals surface area contributed by atoms with Crippen LogP contribution in [0.4, 0.5) is 17.3 Å². The van der Waals surface area contributed by atoms with E-state index >= 15 is 0 Å². The van der Waals surface area contributed by atoms with Crippen LogP contribution in [0.1, 0.15) is 40.5 Å². The Labute approximate surface area is 153 Å². The largest absolute Gasteiger partial charge is 0.393 e. The van der Waals surface area contributed by atoms with Crippen LogP contribution in [0.25, 0.3) is 0 Å². The summed E-state index contributed by atoms with van der Waals surface area (Å²) in [5, 5.41) is 0. The summed E-state index contributed by atoms with van der Waals surface area (Å²) in [6, 6.07) is 0.491. The zero-order valence-corrected chi connectivity index (χ0v) is 16.9. The molecule has 0 saturated carbocycles. The number of nitrogens with two attached hydrogens (primary N) is 1. The van der Waals surface area contributed by atoms with Gasteiger partial charge in [-0.15, -0.1) is 0 Å². The zero-order chi connectivity index (χ0) is 18.6. The average molecular weight is 349 g/mol. The Kier molecular flexibility index (Phi) is 6.87. The fourth-order valence-electron chi connectivity index (χ4n) is 3.59. The summed E-state index contributed by atoms with van der Waals surface area (Å²) in [4.78, 5) is 16.0. The number of hydrogen-bond donors (Lipinski definition) is 1. The number of hydrogen-bond acceptors (Lipinski definition) is 6. The third-order valence-corrected chi connectivity index (χ3v) is 4.88. The number of anilines is 3. The van der Waals surface area contributed by atoms with E-state index in [4.69, 9.17) is 5.73 Å². The van der Waals surface area contributed by atoms with Crippen LogP contribution in [0.2, 0.25) is 0 Å². The Morgan fingerprint density at radius 1 is 1.08 bits per heavy atom. The summed E-state index contributed by atoms with van der Waals surface area (Å²) in [6.45, 7) is 13.1. The van der Waals surface area contributed by atoms with Crippen molar-refractivity contribution < 1.29 is 0 Å². The summed E-state index contributed by atoms with van der Waals surface area (Å²) < 4.78 is 0. The molecule has 6 nitrogen and oxygen atoms in total. The predicted molar refractivity (Wildman–Crippen MR) is 107 cm³/mol. The molecule has 6 heteroatoms. The van der Waals surface area contributed by atoms with Crippen LogP contribution < -0.4 is 15.5 Å². The molecule has 1 aromatic rings. The highest BCUT2D eigenvalue weighted by atomic mass is 15.3. The van der Waals surface area contributed by atoms with E-state index < -0.39 is 0 Å². The second-order valence-electron chi connectivity index (χ2n) is 8.27. The smallest absolute Gasteiger partial charge is 0.157 e. The highest BCUT2D eigenvalue weighted by molar-refractivity contribution is 5.75. The van der Waals surface area contributed by atoms with Gasteiger partial charge in [0.25, 0.3) is 0 Å². The Bertz CT molecular complexity index is 527. The first-order chi connectivity index (χ1) is 11.8. The van der Waals surface area contributed by atoms with Crippen molar-refractivity contribution in [1.29, 1.82) is 0 Å². The van der Waals surface area contributed by atoms with Crippen LogP contribution in [-0.2, 0) is 0 Å². The second-order valence-corrected chi connectivity index (χ2v) is 8.27. The van der Waals surface area contributed by atoms with E-state index in [-0.39, 0.29) is 0 Å². The summed E-state index contributed by atoms with van der Waals surface area (Å²) >= 11 is 0. The summed E-state index contributed by atoms with van der Waals surface area (Å²) in [6.07, 6.45) is 3.96. The summed E-state index contributed by atoms with van der Waals surface area (Å²) in [7, 11) is 4.30. The molecule has 1 fully saturated rings. The molecule has 0 aliphatic carbocycles. The number of piperidine rings is 1. The van der Waals surface area contributed by atoms with Crippen LogP contribution in [0.15, 0.2) is 6.33 Å². The lowest BCUT2D eigenvalue weighted by molar-refractivity contribution is 0.252. The van der Waals surface area contributed by atoms with E-state index in [9.17, 15) is 0 Å². The Morgan fingerprint density at radius 2 is 1.60 bits per heavy atom. The Morgan fingerprint density at radius 3 is 2.12 bits per heavy atom. The molecule has 1 aliphatic rings. The first-order valence-corrected chi connectivity index (χ1v) is 9.56. The van der Waals surface area contributed by atoms with Crippen molar-refractivity contribution in [2.24, 2.45) is 11.8 Å². The predicted octanol–water partition coefficient (Wildman–Crippen LogP) is 2.71. The molecular weight excluding hydrogens is 312 g/mol. The molecule has 2 heterocycles. The van der Waals surface area contributed by atoms with Gasteiger partial charge in [0.05, 0.1) is 0 Å². The second kappa shape index (κ2) is 8.70. The first-order valence-electron chi connectivity index (χ1n) is 9.56. The SMILES string of the molecule is CC(C)CN(CC(C)C)c1ncnc(N(C)C2CCN(C)CC2)c1N. The van der Waals surface area contributed by atoms with Crippen LogP contribution in [0.5, 0.6) is 0 Å². The van der Waals surface area contributed by atoms with E-state index in [1.165, 1.54) is 0 Å². The highest BCUT2D eigenvalue weighted by Gasteiger charge is 2.25. The third-order valence-electron chi connectivity index (χ3n) is 4.88. The molecule has 0 bridgehead atoms. The molecule has 2 rings (SSSR count). The van der Waals surface area contributed by atoms with Crippen LogP contribution in [0.3, 0.4) is 0 Å². The third kappa shape index (κ3) is 5.21. The Balaban J connectivity index is 2.24. The molecule has 0 atom stereocenters. The van der Waals surface area contributed by atoms with Crippen LogP contribution in [0, 0.1) is 11.8 Å². The highest BCUT2D eigenvalue weighted by Crippen LogP contribution is 2.31. The zero-order valence-electron chi connectivity index (χ0n) is 16.9. The first kappa shape index (κ1) is 19.8. The van der Waals surface area contributed by atoms with Gasteiger partial charge >= 0.3 is 0 Å². The standard InChI is InChI=1S/C19H36N6/c1-14(2)11-25(12-15(3)4)19-17(20)18(21-13-22-19)24(6)16-7-9-23(5)10-8-16/h13-16H,7-12,20H2,1-6H3. The fraction of sp³-hybridized carbons (Fsp3) is 0.789. The lowest BCUT2D eigenvalue weighted by Crippen LogP contribution is -2.42. The van der Waals surface area contributed by atoms with Crippen LogP contribution in [-0.4, -0.2) is 61.2 Å². The molecule has 0 unspecified atom stereocenters. The normalized spacial score (nSPS) is 16.6. The molecule has 0 aromatic carbocycles. The van der Waals surface area contributed by atoms with Crippen molar-refractivity contribution in [2.75, 3.05) is 55.8 Å². The lowest BCUT2D eigenvalue weighted by Gasteiger charge is -2.37. The quantitative estimate of drug-likeness (QED) is 0.817. The molecule has 25 heavy (non-hydrogen) atoms. The molecule has 142 valence electrons. The van der Waals surface area contributed by atoms with E-state index in [1.807, 2.05) is 0 Å². The maximum Gasteiger partial charge on any atom is 0.157 e. The molecule has 0 amide bonds. The monoisotopic (exact) mass is 348 g/mol. The summed E-state index contributed by atoms with van der Waals surface area (Å²) in [5.41, 5.74) is 7.26. The maximum absolute atomic E-state index is 6.55. The van der Waals surface area contributed by atoms with Crippen molar-refractivity contribution in [2.45, 2.75) is 46.6 Å². The van der Waals surface area contributed by atoms with Gasteiger partial charge in [0.2, 0.25) is 0 Å². The van der Waals surface area contributed by atoms with Crippen molar-refractivity contribution >= 4 is 17.3 Å². The molecule has 0 radical (unpaired) electrons. The van der Waals surface area contributed by atoms with Gasteiger partial charge in [-0.05, 0) is 44.8 Å². The number of nitrogen functional groups attached to an aromatic ring is 1. The molecule has 0 spiro atoms. The van der Waals surface area contributed by atoms with E-state index in [2.05, 4.69) is 66.5 Å². The van der Waals surface area contributed by atoms with Crippen molar-refractivity contribution in [3.8, 4) is 0 Å². The van der Waals surface area contributed by atoms with E-state index in [1.54, 1.807) is 6.33 Å². The molecule has 2 N–H and O–H groups in total. The lowest BCUT2D eigenvalue weighted by atomic mass is 10.0. The van der Waals surface area contributed by atoms with Gasteiger partial charge in [-0.2, -0.15) is 0 Å². The molecule has 1 aromatic heterocycles. The molecular formula is C19H36N6. The van der Waals surface area contributed by atoms with Gasteiger partial charge in [0, 0.05) is 26.2 Å². The van der Waals surface area contributed by atoms with Gasteiger partial charge in [0.15, 0.2) is 11.6 Å².